The van der Waals surface area contributed by atoms with Crippen molar-refractivity contribution < 1.29 is 22.9 Å². The second-order valence-electron chi connectivity index (χ2n) is 6.64. The summed E-state index contributed by atoms with van der Waals surface area (Å²) in [5.41, 5.74) is -0.348. The van der Waals surface area contributed by atoms with Crippen LogP contribution in [-0.2, 0) is 14.8 Å². The minimum absolute atomic E-state index is 0.0478. The number of nitro groups is 1. The molecule has 0 unspecified atom stereocenters. The number of nitro benzene ring substituents is 1. The highest BCUT2D eigenvalue weighted by Gasteiger charge is 2.35. The molecule has 0 aliphatic rings. The first-order valence-electron chi connectivity index (χ1n) is 8.56. The molecule has 1 aromatic rings. The predicted octanol–water partition coefficient (Wildman–Crippen LogP) is 2.31. The van der Waals surface area contributed by atoms with Gasteiger partial charge in [-0.2, -0.15) is 0 Å². The van der Waals surface area contributed by atoms with E-state index in [4.69, 9.17) is 4.74 Å². The third-order valence-electron chi connectivity index (χ3n) is 4.31. The van der Waals surface area contributed by atoms with Crippen molar-refractivity contribution in [2.75, 3.05) is 17.7 Å². The van der Waals surface area contributed by atoms with E-state index in [9.17, 15) is 23.3 Å². The number of hydrogen-bond donors (Lipinski definition) is 1. The van der Waals surface area contributed by atoms with Crippen molar-refractivity contribution in [2.45, 2.75) is 46.2 Å². The molecular weight excluding hydrogens is 374 g/mol. The van der Waals surface area contributed by atoms with Gasteiger partial charge in [-0.25, -0.2) is 8.42 Å². The summed E-state index contributed by atoms with van der Waals surface area (Å²) in [6.45, 7) is 7.37. The van der Waals surface area contributed by atoms with Gasteiger partial charge in [0.05, 0.1) is 18.3 Å². The summed E-state index contributed by atoms with van der Waals surface area (Å²) in [5, 5.41) is 13.9. The second-order valence-corrected chi connectivity index (χ2v) is 8.50. The molecule has 152 valence electrons. The third-order valence-corrected chi connectivity index (χ3v) is 5.48. The monoisotopic (exact) mass is 401 g/mol. The maximum atomic E-state index is 12.8. The Labute approximate surface area is 159 Å². The van der Waals surface area contributed by atoms with Crippen LogP contribution in [0.15, 0.2) is 18.2 Å². The number of methoxy groups -OCH3 is 1. The van der Waals surface area contributed by atoms with E-state index in [0.29, 0.717) is 0 Å². The standard InChI is InChI=1S/C17H27N3O6S/c1-7-14(17(21)18-12(4)11(2)3)19(27(6,24)25)15-10-13(20(22)23)8-9-16(15)26-5/h8-12,14H,7H2,1-6H3,(H,18,21)/t12-,14-/m1/s1. The molecular formula is C17H27N3O6S. The molecule has 1 amide bonds. The van der Waals surface area contributed by atoms with E-state index in [1.54, 1.807) is 6.92 Å². The molecule has 0 radical (unpaired) electrons. The van der Waals surface area contributed by atoms with Crippen LogP contribution in [0.2, 0.25) is 0 Å². The molecule has 1 rings (SSSR count). The molecule has 0 bridgehead atoms. The summed E-state index contributed by atoms with van der Waals surface area (Å²) in [6, 6.07) is 2.39. The number of nitrogens with zero attached hydrogens (tertiary/aromatic N) is 2. The number of sulfonamides is 1. The van der Waals surface area contributed by atoms with Crippen LogP contribution >= 0.6 is 0 Å². The number of carbonyl (C=O) groups is 1. The molecule has 1 aromatic carbocycles. The smallest absolute Gasteiger partial charge is 0.271 e. The largest absolute Gasteiger partial charge is 0.495 e. The summed E-state index contributed by atoms with van der Waals surface area (Å²) in [7, 11) is -2.61. The van der Waals surface area contributed by atoms with E-state index in [-0.39, 0.29) is 35.5 Å². The summed E-state index contributed by atoms with van der Waals surface area (Å²) in [5.74, 6) is -0.197. The molecule has 1 N–H and O–H groups in total. The van der Waals surface area contributed by atoms with E-state index in [0.717, 1.165) is 16.6 Å². The van der Waals surface area contributed by atoms with Crippen molar-refractivity contribution in [2.24, 2.45) is 5.92 Å². The molecule has 9 nitrogen and oxygen atoms in total. The predicted molar refractivity (Wildman–Crippen MR) is 103 cm³/mol. The Morgan fingerprint density at radius 3 is 2.33 bits per heavy atom. The maximum absolute atomic E-state index is 12.8. The molecule has 27 heavy (non-hydrogen) atoms. The van der Waals surface area contributed by atoms with E-state index >= 15 is 0 Å². The van der Waals surface area contributed by atoms with Gasteiger partial charge in [0.2, 0.25) is 15.9 Å². The zero-order valence-corrected chi connectivity index (χ0v) is 17.2. The molecule has 0 saturated heterocycles. The number of anilines is 1. The molecule has 2 atom stereocenters. The van der Waals surface area contributed by atoms with Crippen LogP contribution in [0.4, 0.5) is 11.4 Å². The first kappa shape index (κ1) is 22.7. The van der Waals surface area contributed by atoms with Gasteiger partial charge >= 0.3 is 0 Å². The first-order chi connectivity index (χ1) is 12.4. The average molecular weight is 401 g/mol. The van der Waals surface area contributed by atoms with Gasteiger partial charge < -0.3 is 10.1 Å². The van der Waals surface area contributed by atoms with Crippen LogP contribution in [-0.4, -0.2) is 44.7 Å². The van der Waals surface area contributed by atoms with Crippen LogP contribution in [0.3, 0.4) is 0 Å². The summed E-state index contributed by atoms with van der Waals surface area (Å²) in [6.07, 6.45) is 1.13. The third kappa shape index (κ3) is 5.56. The van der Waals surface area contributed by atoms with Gasteiger partial charge in [0, 0.05) is 18.2 Å². The van der Waals surface area contributed by atoms with Crippen LogP contribution in [0.1, 0.15) is 34.1 Å². The fourth-order valence-corrected chi connectivity index (χ4v) is 3.69. The summed E-state index contributed by atoms with van der Waals surface area (Å²) < 4.78 is 31.1. The Morgan fingerprint density at radius 2 is 1.93 bits per heavy atom. The van der Waals surface area contributed by atoms with E-state index in [1.165, 1.54) is 19.2 Å². The highest BCUT2D eigenvalue weighted by atomic mass is 32.2. The maximum Gasteiger partial charge on any atom is 0.271 e. The van der Waals surface area contributed by atoms with Gasteiger partial charge in [-0.15, -0.1) is 0 Å². The normalized spacial score (nSPS) is 13.7. The summed E-state index contributed by atoms with van der Waals surface area (Å²) >= 11 is 0. The fraction of sp³-hybridized carbons (Fsp3) is 0.588. The number of amides is 1. The summed E-state index contributed by atoms with van der Waals surface area (Å²) in [4.78, 5) is 23.3. The minimum atomic E-state index is -3.94. The van der Waals surface area contributed by atoms with Crippen LogP contribution in [0.5, 0.6) is 5.75 Å². The van der Waals surface area contributed by atoms with Crippen LogP contribution in [0, 0.1) is 16.0 Å². The lowest BCUT2D eigenvalue weighted by Gasteiger charge is -2.32. The molecule has 0 saturated carbocycles. The molecule has 0 aliphatic carbocycles. The molecule has 10 heteroatoms. The van der Waals surface area contributed by atoms with Gasteiger partial charge in [-0.1, -0.05) is 20.8 Å². The quantitative estimate of drug-likeness (QED) is 0.501. The lowest BCUT2D eigenvalue weighted by atomic mass is 10.1. The Balaban J connectivity index is 3.51. The van der Waals surface area contributed by atoms with Gasteiger partial charge in [0.1, 0.15) is 17.5 Å². The number of rotatable bonds is 9. The Hall–Kier alpha value is -2.36. The molecule has 0 spiro atoms. The van der Waals surface area contributed by atoms with E-state index in [1.807, 2.05) is 20.8 Å². The fourth-order valence-electron chi connectivity index (χ4n) is 2.49. The lowest BCUT2D eigenvalue weighted by molar-refractivity contribution is -0.384. The van der Waals surface area contributed by atoms with Crippen LogP contribution in [0.25, 0.3) is 0 Å². The van der Waals surface area contributed by atoms with Crippen molar-refractivity contribution in [1.29, 1.82) is 0 Å². The number of benzene rings is 1. The Kier molecular flexibility index (Phi) is 7.58. The molecule has 0 heterocycles. The zero-order chi connectivity index (χ0) is 20.9. The average Bonchev–Trinajstić information content (AvgIpc) is 2.57. The molecule has 0 aromatic heterocycles. The van der Waals surface area contributed by atoms with Crippen LogP contribution < -0.4 is 14.4 Å². The Bertz CT molecular complexity index is 794. The highest BCUT2D eigenvalue weighted by molar-refractivity contribution is 7.92. The van der Waals surface area contributed by atoms with E-state index in [2.05, 4.69) is 5.32 Å². The lowest BCUT2D eigenvalue weighted by Crippen LogP contribution is -2.52. The SMILES string of the molecule is CC[C@H](C(=O)N[C@H](C)C(C)C)N(c1cc([N+](=O)[O-])ccc1OC)S(C)(=O)=O. The number of carbonyl (C=O) groups excluding carboxylic acids is 1. The molecule has 0 aliphatic heterocycles. The topological polar surface area (TPSA) is 119 Å². The zero-order valence-electron chi connectivity index (χ0n) is 16.4. The highest BCUT2D eigenvalue weighted by Crippen LogP contribution is 2.35. The minimum Gasteiger partial charge on any atom is -0.495 e. The first-order valence-corrected chi connectivity index (χ1v) is 10.4. The van der Waals surface area contributed by atoms with Crippen molar-refractivity contribution in [1.82, 2.24) is 5.32 Å². The van der Waals surface area contributed by atoms with Gasteiger partial charge in [0.15, 0.2) is 0 Å². The van der Waals surface area contributed by atoms with Crippen molar-refractivity contribution >= 4 is 27.3 Å². The Morgan fingerprint density at radius 1 is 1.33 bits per heavy atom. The number of hydrogen-bond acceptors (Lipinski definition) is 6. The van der Waals surface area contributed by atoms with Crippen molar-refractivity contribution in [3.63, 3.8) is 0 Å². The second kappa shape index (κ2) is 9.03. The van der Waals surface area contributed by atoms with Crippen molar-refractivity contribution in [3.8, 4) is 5.75 Å². The van der Waals surface area contributed by atoms with E-state index < -0.39 is 26.9 Å². The number of non-ortho nitro benzene ring substituents is 1. The molecule has 0 fully saturated rings. The van der Waals surface area contributed by atoms with Gasteiger partial charge in [0.25, 0.3) is 5.69 Å². The number of ether oxygens (including phenoxy) is 1. The van der Waals surface area contributed by atoms with Gasteiger partial charge in [-0.3, -0.25) is 19.2 Å². The van der Waals surface area contributed by atoms with Crippen molar-refractivity contribution in [3.05, 3.63) is 28.3 Å². The van der Waals surface area contributed by atoms with Gasteiger partial charge in [-0.05, 0) is 25.3 Å². The number of nitrogens with one attached hydrogen (secondary N) is 1.